The number of nitrogens with zero attached hydrogens (tertiary/aromatic N) is 6. The van der Waals surface area contributed by atoms with E-state index >= 15 is 0 Å². The van der Waals surface area contributed by atoms with E-state index in [0.717, 1.165) is 67.3 Å². The summed E-state index contributed by atoms with van der Waals surface area (Å²) in [5, 5.41) is 2.90. The summed E-state index contributed by atoms with van der Waals surface area (Å²) in [5.41, 5.74) is 5.37. The van der Waals surface area contributed by atoms with Crippen LogP contribution in [0.1, 0.15) is 34.6 Å². The molecule has 0 fully saturated rings. The van der Waals surface area contributed by atoms with Gasteiger partial charge in [0.05, 0.1) is 33.6 Å². The summed E-state index contributed by atoms with van der Waals surface area (Å²) in [7, 11) is 0. The molecule has 24 heavy (non-hydrogen) atoms. The van der Waals surface area contributed by atoms with E-state index in [1.165, 1.54) is 0 Å². The van der Waals surface area contributed by atoms with Crippen LogP contribution < -0.4 is 0 Å². The topological polar surface area (TPSA) is 77.3 Å². The standard InChI is InChI=1S/C18H18N6/c1-7-13-16(22-10(4)19-7)14-8(2)21-12(6)24-18(14)15-9(3)20-11(5)23-17(13)15/h1-6H3. The van der Waals surface area contributed by atoms with Crippen molar-refractivity contribution in [1.82, 2.24) is 29.9 Å². The lowest BCUT2D eigenvalue weighted by Gasteiger charge is -2.14. The molecule has 3 heterocycles. The fraction of sp³-hybridized carbons (Fsp3) is 0.333. The fourth-order valence-corrected chi connectivity index (χ4v) is 3.53. The van der Waals surface area contributed by atoms with Crippen molar-refractivity contribution >= 4 is 32.7 Å². The third-order valence-corrected chi connectivity index (χ3v) is 4.32. The Bertz CT molecular complexity index is 986. The maximum absolute atomic E-state index is 4.71. The third-order valence-electron chi connectivity index (χ3n) is 4.32. The molecule has 0 N–H and O–H groups in total. The van der Waals surface area contributed by atoms with Gasteiger partial charge in [0.25, 0.3) is 0 Å². The van der Waals surface area contributed by atoms with Gasteiger partial charge in [-0.2, -0.15) is 0 Å². The van der Waals surface area contributed by atoms with E-state index in [1.54, 1.807) is 0 Å². The smallest absolute Gasteiger partial charge is 0.126 e. The molecule has 6 heteroatoms. The molecule has 0 aliphatic rings. The minimum atomic E-state index is 0.739. The number of benzene rings is 1. The Balaban J connectivity index is 2.49. The van der Waals surface area contributed by atoms with Crippen LogP contribution in [0.15, 0.2) is 0 Å². The molecular formula is C18H18N6. The van der Waals surface area contributed by atoms with Crippen molar-refractivity contribution in [2.24, 2.45) is 0 Å². The molecule has 0 aliphatic carbocycles. The van der Waals surface area contributed by atoms with Crippen molar-refractivity contribution < 1.29 is 0 Å². The zero-order chi connectivity index (χ0) is 17.2. The first-order valence-electron chi connectivity index (χ1n) is 7.93. The van der Waals surface area contributed by atoms with Crippen molar-refractivity contribution in [1.29, 1.82) is 0 Å². The second kappa shape index (κ2) is 4.87. The molecule has 1 aromatic carbocycles. The average molecular weight is 318 g/mol. The molecule has 0 radical (unpaired) electrons. The van der Waals surface area contributed by atoms with Gasteiger partial charge in [0.15, 0.2) is 0 Å². The van der Waals surface area contributed by atoms with Crippen molar-refractivity contribution in [2.45, 2.75) is 41.5 Å². The lowest BCUT2D eigenvalue weighted by molar-refractivity contribution is 1.03. The van der Waals surface area contributed by atoms with Crippen LogP contribution in [-0.4, -0.2) is 29.9 Å². The molecule has 0 aliphatic heterocycles. The van der Waals surface area contributed by atoms with E-state index in [-0.39, 0.29) is 0 Å². The maximum Gasteiger partial charge on any atom is 0.126 e. The quantitative estimate of drug-likeness (QED) is 0.463. The second-order valence-electron chi connectivity index (χ2n) is 6.24. The van der Waals surface area contributed by atoms with E-state index in [9.17, 15) is 0 Å². The van der Waals surface area contributed by atoms with Crippen LogP contribution in [0.5, 0.6) is 0 Å². The second-order valence-corrected chi connectivity index (χ2v) is 6.24. The number of hydrogen-bond acceptors (Lipinski definition) is 6. The first-order valence-corrected chi connectivity index (χ1v) is 7.93. The molecule has 120 valence electrons. The van der Waals surface area contributed by atoms with Crippen LogP contribution in [0.4, 0.5) is 0 Å². The van der Waals surface area contributed by atoms with Gasteiger partial charge in [-0.15, -0.1) is 0 Å². The molecule has 3 aromatic heterocycles. The molecule has 0 amide bonds. The molecule has 0 bridgehead atoms. The summed E-state index contributed by atoms with van der Waals surface area (Å²) in [6.07, 6.45) is 0. The number of aromatic nitrogens is 6. The minimum absolute atomic E-state index is 0.739. The van der Waals surface area contributed by atoms with E-state index < -0.39 is 0 Å². The van der Waals surface area contributed by atoms with Crippen LogP contribution in [-0.2, 0) is 0 Å². The van der Waals surface area contributed by atoms with E-state index in [2.05, 4.69) is 15.0 Å². The summed E-state index contributed by atoms with van der Waals surface area (Å²) in [6.45, 7) is 11.7. The lowest BCUT2D eigenvalue weighted by Crippen LogP contribution is -2.03. The van der Waals surface area contributed by atoms with Gasteiger partial charge in [-0.3, -0.25) is 0 Å². The Labute approximate surface area is 139 Å². The lowest BCUT2D eigenvalue weighted by atomic mass is 10.0. The summed E-state index contributed by atoms with van der Waals surface area (Å²) >= 11 is 0. The Morgan fingerprint density at radius 3 is 0.875 bits per heavy atom. The molecule has 0 unspecified atom stereocenters. The average Bonchev–Trinajstić information content (AvgIpc) is 2.44. The largest absolute Gasteiger partial charge is 0.238 e. The Hall–Kier alpha value is -2.76. The molecule has 0 saturated heterocycles. The van der Waals surface area contributed by atoms with Gasteiger partial charge in [0.2, 0.25) is 0 Å². The molecule has 0 spiro atoms. The Morgan fingerprint density at radius 2 is 0.625 bits per heavy atom. The summed E-state index contributed by atoms with van der Waals surface area (Å²) in [6, 6.07) is 0. The summed E-state index contributed by atoms with van der Waals surface area (Å²) in [5.74, 6) is 2.22. The molecule has 0 atom stereocenters. The van der Waals surface area contributed by atoms with Crippen molar-refractivity contribution in [3.63, 3.8) is 0 Å². The molecule has 6 nitrogen and oxygen atoms in total. The van der Waals surface area contributed by atoms with Gasteiger partial charge in [0, 0.05) is 16.2 Å². The van der Waals surface area contributed by atoms with Gasteiger partial charge in [-0.1, -0.05) is 0 Å². The summed E-state index contributed by atoms with van der Waals surface area (Å²) < 4.78 is 0. The maximum atomic E-state index is 4.71. The van der Waals surface area contributed by atoms with Gasteiger partial charge in [-0.05, 0) is 41.5 Å². The number of aryl methyl sites for hydroxylation is 6. The SMILES string of the molecule is Cc1nc(C)c2c(n1)c1c(C)nc(C)nc1c1c(C)nc(C)nc21. The minimum Gasteiger partial charge on any atom is -0.238 e. The Kier molecular flexibility index (Phi) is 3.00. The monoisotopic (exact) mass is 318 g/mol. The molecule has 4 rings (SSSR count). The highest BCUT2D eigenvalue weighted by Gasteiger charge is 2.19. The molecule has 0 saturated carbocycles. The number of fused-ring (bicyclic) bond motifs is 6. The van der Waals surface area contributed by atoms with Crippen LogP contribution in [0.3, 0.4) is 0 Å². The normalized spacial score (nSPS) is 11.8. The van der Waals surface area contributed by atoms with Crippen LogP contribution in [0.25, 0.3) is 32.7 Å². The predicted octanol–water partition coefficient (Wildman–Crippen LogP) is 3.37. The van der Waals surface area contributed by atoms with Crippen LogP contribution in [0.2, 0.25) is 0 Å². The van der Waals surface area contributed by atoms with Crippen molar-refractivity contribution in [3.8, 4) is 0 Å². The highest BCUT2D eigenvalue weighted by molar-refractivity contribution is 6.23. The van der Waals surface area contributed by atoms with Gasteiger partial charge >= 0.3 is 0 Å². The van der Waals surface area contributed by atoms with E-state index in [4.69, 9.17) is 15.0 Å². The molecular weight excluding hydrogens is 300 g/mol. The number of hydrogen-bond donors (Lipinski definition) is 0. The van der Waals surface area contributed by atoms with Gasteiger partial charge < -0.3 is 0 Å². The van der Waals surface area contributed by atoms with Crippen LogP contribution >= 0.6 is 0 Å². The highest BCUT2D eigenvalue weighted by Crippen LogP contribution is 2.35. The van der Waals surface area contributed by atoms with E-state index in [0.29, 0.717) is 0 Å². The first-order chi connectivity index (χ1) is 11.4. The number of rotatable bonds is 0. The van der Waals surface area contributed by atoms with Crippen molar-refractivity contribution in [3.05, 3.63) is 34.6 Å². The Morgan fingerprint density at radius 1 is 0.375 bits per heavy atom. The first kappa shape index (κ1) is 14.8. The van der Waals surface area contributed by atoms with Crippen LogP contribution in [0, 0.1) is 41.5 Å². The third kappa shape index (κ3) is 1.95. The van der Waals surface area contributed by atoms with E-state index in [1.807, 2.05) is 41.5 Å². The predicted molar refractivity (Wildman–Crippen MR) is 94.2 cm³/mol. The van der Waals surface area contributed by atoms with Crippen molar-refractivity contribution in [2.75, 3.05) is 0 Å². The molecule has 4 aromatic rings. The fourth-order valence-electron chi connectivity index (χ4n) is 3.53. The van der Waals surface area contributed by atoms with Gasteiger partial charge in [0.1, 0.15) is 17.5 Å². The van der Waals surface area contributed by atoms with Gasteiger partial charge in [-0.25, -0.2) is 29.9 Å². The zero-order valence-corrected chi connectivity index (χ0v) is 14.7. The summed E-state index contributed by atoms with van der Waals surface area (Å²) in [4.78, 5) is 27.8. The highest BCUT2D eigenvalue weighted by atomic mass is 14.9. The zero-order valence-electron chi connectivity index (χ0n) is 14.7.